The summed E-state index contributed by atoms with van der Waals surface area (Å²) in [4.78, 5) is 17.0. The third-order valence-electron chi connectivity index (χ3n) is 7.48. The van der Waals surface area contributed by atoms with Crippen molar-refractivity contribution in [3.63, 3.8) is 0 Å². The van der Waals surface area contributed by atoms with Gasteiger partial charge in [-0.05, 0) is 62.1 Å². The minimum Gasteiger partial charge on any atom is -0.494 e. The van der Waals surface area contributed by atoms with Crippen LogP contribution in [0.2, 0.25) is 0 Å². The highest BCUT2D eigenvalue weighted by atomic mass is 19.4. The first-order chi connectivity index (χ1) is 21.3. The largest absolute Gasteiger partial charge is 0.494 e. The van der Waals surface area contributed by atoms with E-state index in [1.807, 2.05) is 54.7 Å². The summed E-state index contributed by atoms with van der Waals surface area (Å²) < 4.78 is 53.3. The topological polar surface area (TPSA) is 57.7 Å². The van der Waals surface area contributed by atoms with Crippen LogP contribution in [0.4, 0.5) is 13.2 Å². The number of rotatable bonds is 20. The summed E-state index contributed by atoms with van der Waals surface area (Å²) in [6.45, 7) is 4.39. The van der Waals surface area contributed by atoms with Crippen LogP contribution in [-0.4, -0.2) is 43.1 Å². The van der Waals surface area contributed by atoms with Crippen LogP contribution in [0, 0.1) is 0 Å². The molecule has 44 heavy (non-hydrogen) atoms. The number of nitrogens with zero attached hydrogens (tertiary/aromatic N) is 1. The molecule has 2 aromatic carbocycles. The highest BCUT2D eigenvalue weighted by Gasteiger charge is 2.36. The average Bonchev–Trinajstić information content (AvgIpc) is 3.03. The number of alkyl halides is 3. The molecule has 0 saturated carbocycles. The normalized spacial score (nSPS) is 12.2. The van der Waals surface area contributed by atoms with Gasteiger partial charge in [-0.25, -0.2) is 4.79 Å². The number of benzene rings is 2. The molecule has 3 aromatic rings. The van der Waals surface area contributed by atoms with Crippen LogP contribution in [0.1, 0.15) is 94.8 Å². The number of hydrogen-bond acceptors (Lipinski definition) is 5. The number of carbonyl (C=O) groups is 1. The van der Waals surface area contributed by atoms with Gasteiger partial charge in [0.05, 0.1) is 24.5 Å². The van der Waals surface area contributed by atoms with Crippen molar-refractivity contribution in [2.45, 2.75) is 96.8 Å². The van der Waals surface area contributed by atoms with Crippen LogP contribution in [0.5, 0.6) is 5.75 Å². The third-order valence-corrected chi connectivity index (χ3v) is 7.48. The lowest BCUT2D eigenvalue weighted by molar-refractivity contribution is -0.214. The van der Waals surface area contributed by atoms with Gasteiger partial charge in [0.1, 0.15) is 5.75 Å². The maximum atomic E-state index is 12.4. The molecular weight excluding hydrogens is 567 g/mol. The summed E-state index contributed by atoms with van der Waals surface area (Å²) in [7, 11) is 0. The molecule has 1 aromatic heterocycles. The zero-order chi connectivity index (χ0) is 31.6. The Morgan fingerprint density at radius 3 is 1.89 bits per heavy atom. The Balaban J connectivity index is 1.34. The SMILES string of the molecule is CCCCCCCCOc1ccc(-c2ccc(-c3ccc(C(=O)OCCCCCCCOC(C)C(F)(F)F)cc3)nc2)cc1. The van der Waals surface area contributed by atoms with E-state index in [1.54, 1.807) is 12.1 Å². The molecule has 0 radical (unpaired) electrons. The maximum Gasteiger partial charge on any atom is 0.414 e. The molecule has 3 rings (SSSR count). The molecule has 0 amide bonds. The number of pyridine rings is 1. The van der Waals surface area contributed by atoms with Crippen molar-refractivity contribution < 1.29 is 32.2 Å². The van der Waals surface area contributed by atoms with Crippen LogP contribution >= 0.6 is 0 Å². The molecule has 1 heterocycles. The van der Waals surface area contributed by atoms with Crippen molar-refractivity contribution in [1.82, 2.24) is 4.98 Å². The second-order valence-electron chi connectivity index (χ2n) is 11.1. The van der Waals surface area contributed by atoms with E-state index in [2.05, 4.69) is 11.9 Å². The molecule has 0 spiro atoms. The van der Waals surface area contributed by atoms with E-state index >= 15 is 0 Å². The van der Waals surface area contributed by atoms with Gasteiger partial charge in [0.2, 0.25) is 0 Å². The molecule has 8 heteroatoms. The molecule has 0 fully saturated rings. The van der Waals surface area contributed by atoms with Crippen molar-refractivity contribution in [3.8, 4) is 28.1 Å². The number of halogens is 3. The fourth-order valence-corrected chi connectivity index (χ4v) is 4.67. The number of ether oxygens (including phenoxy) is 3. The van der Waals surface area contributed by atoms with E-state index in [0.717, 1.165) is 67.3 Å². The zero-order valence-electron chi connectivity index (χ0n) is 26.0. The van der Waals surface area contributed by atoms with E-state index in [9.17, 15) is 18.0 Å². The lowest BCUT2D eigenvalue weighted by Crippen LogP contribution is -2.28. The minimum absolute atomic E-state index is 0.0917. The molecule has 0 aliphatic heterocycles. The molecule has 5 nitrogen and oxygen atoms in total. The van der Waals surface area contributed by atoms with Crippen molar-refractivity contribution in [3.05, 3.63) is 72.4 Å². The lowest BCUT2D eigenvalue weighted by Gasteiger charge is -2.16. The first-order valence-corrected chi connectivity index (χ1v) is 15.9. The lowest BCUT2D eigenvalue weighted by atomic mass is 10.0. The average molecular weight is 614 g/mol. The Morgan fingerprint density at radius 2 is 1.27 bits per heavy atom. The third kappa shape index (κ3) is 12.7. The monoisotopic (exact) mass is 613 g/mol. The summed E-state index contributed by atoms with van der Waals surface area (Å²) in [5, 5.41) is 0. The van der Waals surface area contributed by atoms with Crippen molar-refractivity contribution in [2.75, 3.05) is 19.8 Å². The molecule has 0 aliphatic rings. The van der Waals surface area contributed by atoms with E-state index in [4.69, 9.17) is 14.2 Å². The van der Waals surface area contributed by atoms with E-state index in [1.165, 1.54) is 32.1 Å². The van der Waals surface area contributed by atoms with Crippen molar-refractivity contribution in [1.29, 1.82) is 0 Å². The van der Waals surface area contributed by atoms with E-state index in [0.29, 0.717) is 25.0 Å². The highest BCUT2D eigenvalue weighted by Crippen LogP contribution is 2.25. The Labute approximate surface area is 260 Å². The summed E-state index contributed by atoms with van der Waals surface area (Å²) in [6.07, 6.45) is 6.99. The van der Waals surface area contributed by atoms with Crippen LogP contribution in [0.3, 0.4) is 0 Å². The number of aromatic nitrogens is 1. The van der Waals surface area contributed by atoms with Gasteiger partial charge < -0.3 is 14.2 Å². The second kappa shape index (κ2) is 19.1. The summed E-state index contributed by atoms with van der Waals surface area (Å²) >= 11 is 0. The minimum atomic E-state index is -4.32. The van der Waals surface area contributed by atoms with Gasteiger partial charge in [-0.15, -0.1) is 0 Å². The van der Waals surface area contributed by atoms with Gasteiger partial charge in [-0.3, -0.25) is 4.98 Å². The van der Waals surface area contributed by atoms with Crippen LogP contribution < -0.4 is 4.74 Å². The fraction of sp³-hybridized carbons (Fsp3) is 0.500. The number of carbonyl (C=O) groups excluding carboxylic acids is 1. The molecule has 0 bridgehead atoms. The van der Waals surface area contributed by atoms with E-state index < -0.39 is 12.3 Å². The Bertz CT molecular complexity index is 1210. The summed E-state index contributed by atoms with van der Waals surface area (Å²) in [6, 6.07) is 19.3. The Hall–Kier alpha value is -3.39. The van der Waals surface area contributed by atoms with Gasteiger partial charge in [0.25, 0.3) is 0 Å². The van der Waals surface area contributed by atoms with Crippen molar-refractivity contribution >= 4 is 5.97 Å². The van der Waals surface area contributed by atoms with Gasteiger partial charge >= 0.3 is 12.1 Å². The van der Waals surface area contributed by atoms with Crippen LogP contribution in [-0.2, 0) is 9.47 Å². The smallest absolute Gasteiger partial charge is 0.414 e. The van der Waals surface area contributed by atoms with E-state index in [-0.39, 0.29) is 12.6 Å². The van der Waals surface area contributed by atoms with Gasteiger partial charge in [-0.1, -0.05) is 88.6 Å². The molecule has 0 saturated heterocycles. The Morgan fingerprint density at radius 1 is 0.705 bits per heavy atom. The first kappa shape index (κ1) is 35.1. The standard InChI is InChI=1S/C36H46F3NO4/c1-3-4-5-6-8-12-25-43-33-21-18-29(19-22-33)32-20-23-34(40-27-32)30-14-16-31(17-15-30)35(41)44-26-13-10-7-9-11-24-42-28(2)36(37,38)39/h14-23,27-28H,3-13,24-26H2,1-2H3. The molecular formula is C36H46F3NO4. The molecule has 1 unspecified atom stereocenters. The maximum absolute atomic E-state index is 12.4. The van der Waals surface area contributed by atoms with Gasteiger partial charge in [0, 0.05) is 23.9 Å². The molecule has 1 atom stereocenters. The molecule has 240 valence electrons. The zero-order valence-corrected chi connectivity index (χ0v) is 26.0. The predicted octanol–water partition coefficient (Wildman–Crippen LogP) is 10.2. The van der Waals surface area contributed by atoms with Gasteiger partial charge in [0.15, 0.2) is 6.10 Å². The highest BCUT2D eigenvalue weighted by molar-refractivity contribution is 5.90. The van der Waals surface area contributed by atoms with Crippen LogP contribution in [0.25, 0.3) is 22.4 Å². The van der Waals surface area contributed by atoms with Crippen LogP contribution in [0.15, 0.2) is 66.9 Å². The van der Waals surface area contributed by atoms with Crippen molar-refractivity contribution in [2.24, 2.45) is 0 Å². The quantitative estimate of drug-likeness (QED) is 0.0937. The fourth-order valence-electron chi connectivity index (χ4n) is 4.67. The summed E-state index contributed by atoms with van der Waals surface area (Å²) in [5.41, 5.74) is 4.27. The Kier molecular flexibility index (Phi) is 15.2. The second-order valence-corrected chi connectivity index (χ2v) is 11.1. The molecule has 0 N–H and O–H groups in total. The number of hydrogen-bond donors (Lipinski definition) is 0. The van der Waals surface area contributed by atoms with Gasteiger partial charge in [-0.2, -0.15) is 13.2 Å². The summed E-state index contributed by atoms with van der Waals surface area (Å²) in [5.74, 6) is 0.501. The number of esters is 1. The number of unbranched alkanes of at least 4 members (excludes halogenated alkanes) is 9. The predicted molar refractivity (Wildman–Crippen MR) is 169 cm³/mol. The molecule has 0 aliphatic carbocycles. The first-order valence-electron chi connectivity index (χ1n) is 15.9.